The second-order valence-electron chi connectivity index (χ2n) is 5.70. The number of nitrogens with one attached hydrogen (secondary N) is 2. The molecule has 20 heavy (non-hydrogen) atoms. The van der Waals surface area contributed by atoms with Gasteiger partial charge in [0.1, 0.15) is 0 Å². The number of carboxylic acid groups (broad SMARTS) is 1. The van der Waals surface area contributed by atoms with Crippen LogP contribution in [0.5, 0.6) is 0 Å². The Morgan fingerprint density at radius 1 is 1.25 bits per heavy atom. The van der Waals surface area contributed by atoms with Crippen LogP contribution in [0.25, 0.3) is 0 Å². The molecule has 2 amide bonds. The summed E-state index contributed by atoms with van der Waals surface area (Å²) < 4.78 is 0. The molecule has 2 unspecified atom stereocenters. The molecule has 1 saturated heterocycles. The lowest BCUT2D eigenvalue weighted by Gasteiger charge is -2.35. The van der Waals surface area contributed by atoms with E-state index in [4.69, 9.17) is 5.11 Å². The van der Waals surface area contributed by atoms with Gasteiger partial charge in [-0.1, -0.05) is 6.42 Å². The van der Waals surface area contributed by atoms with Crippen molar-refractivity contribution in [1.82, 2.24) is 15.5 Å². The molecule has 6 nitrogen and oxygen atoms in total. The fourth-order valence-corrected chi connectivity index (χ4v) is 3.36. The summed E-state index contributed by atoms with van der Waals surface area (Å²) in [7, 11) is 0. The van der Waals surface area contributed by atoms with Gasteiger partial charge in [-0.3, -0.25) is 4.79 Å². The fourth-order valence-electron chi connectivity index (χ4n) is 3.36. The average Bonchev–Trinajstić information content (AvgIpc) is 2.89. The predicted octanol–water partition coefficient (Wildman–Crippen LogP) is 1.02. The molecule has 3 N–H and O–H groups in total. The maximum atomic E-state index is 12.4. The van der Waals surface area contributed by atoms with Gasteiger partial charge in [-0.15, -0.1) is 0 Å². The summed E-state index contributed by atoms with van der Waals surface area (Å²) in [4.78, 5) is 25.4. The number of urea groups is 1. The Hall–Kier alpha value is -1.30. The standard InChI is InChI=1S/C14H25N3O3/c1-2-17(10-6-8-15-9-7-10)14(20)16-12-5-3-4-11(12)13(18)19/h10-12,15H,2-9H2,1H3,(H,16,20)(H,18,19). The highest BCUT2D eigenvalue weighted by atomic mass is 16.4. The Kier molecular flexibility index (Phi) is 5.23. The van der Waals surface area contributed by atoms with Crippen molar-refractivity contribution in [3.8, 4) is 0 Å². The van der Waals surface area contributed by atoms with Gasteiger partial charge in [0.15, 0.2) is 0 Å². The van der Waals surface area contributed by atoms with Crippen molar-refractivity contribution in [2.75, 3.05) is 19.6 Å². The molecule has 1 heterocycles. The number of hydrogen-bond acceptors (Lipinski definition) is 3. The van der Waals surface area contributed by atoms with E-state index in [-0.39, 0.29) is 18.1 Å². The molecule has 114 valence electrons. The first kappa shape index (κ1) is 15.1. The van der Waals surface area contributed by atoms with Crippen molar-refractivity contribution in [3.63, 3.8) is 0 Å². The molecule has 0 spiro atoms. The molecule has 0 radical (unpaired) electrons. The van der Waals surface area contributed by atoms with Crippen LogP contribution in [-0.2, 0) is 4.79 Å². The average molecular weight is 283 g/mol. The summed E-state index contributed by atoms with van der Waals surface area (Å²) >= 11 is 0. The van der Waals surface area contributed by atoms with E-state index in [0.29, 0.717) is 13.0 Å². The van der Waals surface area contributed by atoms with Crippen molar-refractivity contribution < 1.29 is 14.7 Å². The largest absolute Gasteiger partial charge is 0.481 e. The molecule has 1 aliphatic heterocycles. The topological polar surface area (TPSA) is 81.7 Å². The molecule has 6 heteroatoms. The molecule has 0 aromatic carbocycles. The molecule has 1 aliphatic carbocycles. The minimum atomic E-state index is -0.794. The number of carboxylic acids is 1. The predicted molar refractivity (Wildman–Crippen MR) is 75.6 cm³/mol. The maximum absolute atomic E-state index is 12.4. The number of aliphatic carboxylic acids is 1. The summed E-state index contributed by atoms with van der Waals surface area (Å²) in [6.45, 7) is 4.52. The van der Waals surface area contributed by atoms with Gasteiger partial charge in [0.05, 0.1) is 5.92 Å². The molecule has 0 bridgehead atoms. The number of hydrogen-bond donors (Lipinski definition) is 3. The Morgan fingerprint density at radius 3 is 2.55 bits per heavy atom. The van der Waals surface area contributed by atoms with Crippen LogP contribution in [0.1, 0.15) is 39.0 Å². The van der Waals surface area contributed by atoms with Crippen molar-refractivity contribution in [2.45, 2.75) is 51.1 Å². The highest BCUT2D eigenvalue weighted by Crippen LogP contribution is 2.26. The van der Waals surface area contributed by atoms with Gasteiger partial charge in [0.2, 0.25) is 0 Å². The number of nitrogens with zero attached hydrogens (tertiary/aromatic N) is 1. The third kappa shape index (κ3) is 3.42. The number of piperidine rings is 1. The summed E-state index contributed by atoms with van der Waals surface area (Å²) in [5.74, 6) is -1.22. The van der Waals surface area contributed by atoms with E-state index in [1.807, 2.05) is 11.8 Å². The minimum Gasteiger partial charge on any atom is -0.481 e. The highest BCUT2D eigenvalue weighted by Gasteiger charge is 2.35. The Morgan fingerprint density at radius 2 is 1.95 bits per heavy atom. The first-order chi connectivity index (χ1) is 9.63. The van der Waals surface area contributed by atoms with Crippen molar-refractivity contribution in [3.05, 3.63) is 0 Å². The van der Waals surface area contributed by atoms with Gasteiger partial charge in [-0.05, 0) is 45.7 Å². The van der Waals surface area contributed by atoms with Crippen LogP contribution in [-0.4, -0.2) is 53.7 Å². The van der Waals surface area contributed by atoms with Crippen molar-refractivity contribution >= 4 is 12.0 Å². The molecule has 0 aromatic rings. The molecular formula is C14H25N3O3. The highest BCUT2D eigenvalue weighted by molar-refractivity contribution is 5.77. The van der Waals surface area contributed by atoms with Crippen LogP contribution >= 0.6 is 0 Å². The van der Waals surface area contributed by atoms with Gasteiger partial charge in [0, 0.05) is 18.6 Å². The van der Waals surface area contributed by atoms with Crippen LogP contribution in [0, 0.1) is 5.92 Å². The summed E-state index contributed by atoms with van der Waals surface area (Å²) in [6, 6.07) is -0.0424. The zero-order chi connectivity index (χ0) is 14.5. The van der Waals surface area contributed by atoms with Crippen LogP contribution in [0.15, 0.2) is 0 Å². The normalized spacial score (nSPS) is 27.2. The lowest BCUT2D eigenvalue weighted by atomic mass is 10.0. The van der Waals surface area contributed by atoms with Gasteiger partial charge < -0.3 is 20.6 Å². The van der Waals surface area contributed by atoms with Gasteiger partial charge >= 0.3 is 12.0 Å². The van der Waals surface area contributed by atoms with Crippen molar-refractivity contribution in [1.29, 1.82) is 0 Å². The second kappa shape index (κ2) is 6.92. The van der Waals surface area contributed by atoms with E-state index >= 15 is 0 Å². The van der Waals surface area contributed by atoms with Crippen LogP contribution < -0.4 is 10.6 Å². The zero-order valence-electron chi connectivity index (χ0n) is 12.1. The minimum absolute atomic E-state index is 0.0995. The summed E-state index contributed by atoms with van der Waals surface area (Å²) in [5.41, 5.74) is 0. The molecule has 2 atom stereocenters. The quantitative estimate of drug-likeness (QED) is 0.719. The molecule has 1 saturated carbocycles. The lowest BCUT2D eigenvalue weighted by molar-refractivity contribution is -0.142. The maximum Gasteiger partial charge on any atom is 0.317 e. The SMILES string of the molecule is CCN(C(=O)NC1CCCC1C(=O)O)C1CCNCC1. The Balaban J connectivity index is 1.93. The number of carbonyl (C=O) groups excluding carboxylic acids is 1. The van der Waals surface area contributed by atoms with Crippen LogP contribution in [0.4, 0.5) is 4.79 Å². The first-order valence-corrected chi connectivity index (χ1v) is 7.64. The zero-order valence-corrected chi connectivity index (χ0v) is 12.1. The Bertz CT molecular complexity index is 356. The van der Waals surface area contributed by atoms with Crippen LogP contribution in [0.2, 0.25) is 0 Å². The van der Waals surface area contributed by atoms with E-state index in [1.165, 1.54) is 0 Å². The molecule has 2 fully saturated rings. The van der Waals surface area contributed by atoms with Crippen molar-refractivity contribution in [2.24, 2.45) is 5.92 Å². The van der Waals surface area contributed by atoms with E-state index < -0.39 is 11.9 Å². The molecule has 0 aromatic heterocycles. The monoisotopic (exact) mass is 283 g/mol. The third-order valence-corrected chi connectivity index (χ3v) is 4.49. The van der Waals surface area contributed by atoms with Gasteiger partial charge in [-0.2, -0.15) is 0 Å². The summed E-state index contributed by atoms with van der Waals surface area (Å²) in [5, 5.41) is 15.4. The van der Waals surface area contributed by atoms with Crippen LogP contribution in [0.3, 0.4) is 0 Å². The van der Waals surface area contributed by atoms with Gasteiger partial charge in [-0.25, -0.2) is 4.79 Å². The fraction of sp³-hybridized carbons (Fsp3) is 0.857. The van der Waals surface area contributed by atoms with E-state index in [2.05, 4.69) is 10.6 Å². The molecule has 2 aliphatic rings. The van der Waals surface area contributed by atoms with E-state index in [9.17, 15) is 9.59 Å². The number of rotatable bonds is 4. The molecular weight excluding hydrogens is 258 g/mol. The lowest BCUT2D eigenvalue weighted by Crippen LogP contribution is -2.53. The van der Waals surface area contributed by atoms with E-state index in [1.54, 1.807) is 0 Å². The Labute approximate surface area is 119 Å². The number of carbonyl (C=O) groups is 2. The summed E-state index contributed by atoms with van der Waals surface area (Å²) in [6.07, 6.45) is 4.25. The second-order valence-corrected chi connectivity index (χ2v) is 5.70. The number of amides is 2. The first-order valence-electron chi connectivity index (χ1n) is 7.64. The van der Waals surface area contributed by atoms with Gasteiger partial charge in [0.25, 0.3) is 0 Å². The smallest absolute Gasteiger partial charge is 0.317 e. The van der Waals surface area contributed by atoms with E-state index in [0.717, 1.165) is 38.8 Å². The molecule has 2 rings (SSSR count). The third-order valence-electron chi connectivity index (χ3n) is 4.49.